The zero-order valence-electron chi connectivity index (χ0n) is 11.6. The van der Waals surface area contributed by atoms with Crippen LogP contribution in [0.25, 0.3) is 0 Å². The van der Waals surface area contributed by atoms with Crippen molar-refractivity contribution in [1.82, 2.24) is 5.32 Å². The van der Waals surface area contributed by atoms with E-state index >= 15 is 0 Å². The zero-order chi connectivity index (χ0) is 15.2. The third-order valence-corrected chi connectivity index (χ3v) is 3.52. The van der Waals surface area contributed by atoms with Crippen LogP contribution < -0.4 is 5.32 Å². The molecule has 0 aromatic heterocycles. The van der Waals surface area contributed by atoms with Crippen molar-refractivity contribution in [1.29, 1.82) is 0 Å². The summed E-state index contributed by atoms with van der Waals surface area (Å²) in [5.74, 6) is 0. The Labute approximate surface area is 125 Å². The quantitative estimate of drug-likeness (QED) is 0.776. The Morgan fingerprint density at radius 2 is 2.00 bits per heavy atom. The molecule has 0 aliphatic heterocycles. The second-order valence-electron chi connectivity index (χ2n) is 4.40. The smallest absolute Gasteiger partial charge is 0.380 e. The Kier molecular flexibility index (Phi) is 6.99. The van der Waals surface area contributed by atoms with Crippen LogP contribution in [0.3, 0.4) is 0 Å². The summed E-state index contributed by atoms with van der Waals surface area (Å²) in [5.41, 5.74) is -0.0720. The van der Waals surface area contributed by atoms with Crippen molar-refractivity contribution in [3.05, 3.63) is 33.8 Å². The lowest BCUT2D eigenvalue weighted by atomic mass is 10.0. The van der Waals surface area contributed by atoms with E-state index < -0.39 is 11.7 Å². The molecule has 1 aromatic rings. The third kappa shape index (κ3) is 5.07. The number of benzene rings is 1. The lowest BCUT2D eigenvalue weighted by molar-refractivity contribution is -0.138. The first-order valence-electron chi connectivity index (χ1n) is 6.57. The van der Waals surface area contributed by atoms with Crippen LogP contribution in [0, 0.1) is 0 Å². The molecule has 0 amide bonds. The van der Waals surface area contributed by atoms with Crippen LogP contribution >= 0.6 is 15.9 Å². The highest BCUT2D eigenvalue weighted by Crippen LogP contribution is 2.36. The number of hydrogen-bond acceptors (Lipinski definition) is 2. The fourth-order valence-electron chi connectivity index (χ4n) is 1.80. The Hall–Kier alpha value is -0.590. The summed E-state index contributed by atoms with van der Waals surface area (Å²) in [7, 11) is 0. The minimum Gasteiger partial charge on any atom is -0.380 e. The fraction of sp³-hybridized carbons (Fsp3) is 0.571. The molecule has 0 spiro atoms. The van der Waals surface area contributed by atoms with Crippen molar-refractivity contribution in [2.75, 3.05) is 19.8 Å². The minimum absolute atomic E-state index is 0.0550. The van der Waals surface area contributed by atoms with Crippen molar-refractivity contribution in [3.8, 4) is 0 Å². The lowest BCUT2D eigenvalue weighted by Crippen LogP contribution is -2.26. The molecule has 1 atom stereocenters. The molecule has 20 heavy (non-hydrogen) atoms. The zero-order valence-corrected chi connectivity index (χ0v) is 13.1. The molecule has 0 aliphatic rings. The second-order valence-corrected chi connectivity index (χ2v) is 5.26. The number of alkyl halides is 3. The summed E-state index contributed by atoms with van der Waals surface area (Å²) in [5, 5.41) is 3.21. The average molecular weight is 354 g/mol. The Bertz CT molecular complexity index is 415. The Balaban J connectivity index is 3.00. The van der Waals surface area contributed by atoms with Gasteiger partial charge in [0.2, 0.25) is 0 Å². The van der Waals surface area contributed by atoms with Gasteiger partial charge in [0.05, 0.1) is 18.2 Å². The Morgan fingerprint density at radius 1 is 1.30 bits per heavy atom. The number of ether oxygens (including phenoxy) is 1. The lowest BCUT2D eigenvalue weighted by Gasteiger charge is -2.20. The highest BCUT2D eigenvalue weighted by atomic mass is 79.9. The van der Waals surface area contributed by atoms with E-state index in [1.807, 2.05) is 13.8 Å². The molecule has 0 bridgehead atoms. The standard InChI is InChI=1S/C14H19BrF3NO/c1-3-7-19-13(9-20-4-2)10-5-6-12(15)11(8-10)14(16,17)18/h5-6,8,13,19H,3-4,7,9H2,1-2H3. The van der Waals surface area contributed by atoms with Crippen LogP contribution in [0.1, 0.15) is 37.4 Å². The summed E-state index contributed by atoms with van der Waals surface area (Å²) in [6, 6.07) is 4.07. The van der Waals surface area contributed by atoms with Gasteiger partial charge in [-0.25, -0.2) is 0 Å². The first kappa shape index (κ1) is 17.5. The van der Waals surface area contributed by atoms with Gasteiger partial charge in [0, 0.05) is 11.1 Å². The summed E-state index contributed by atoms with van der Waals surface area (Å²) >= 11 is 2.95. The van der Waals surface area contributed by atoms with Gasteiger partial charge in [0.25, 0.3) is 0 Å². The van der Waals surface area contributed by atoms with Crippen LogP contribution in [-0.4, -0.2) is 19.8 Å². The van der Waals surface area contributed by atoms with Crippen LogP contribution in [0.5, 0.6) is 0 Å². The molecule has 1 aromatic carbocycles. The summed E-state index contributed by atoms with van der Waals surface area (Å²) in [4.78, 5) is 0. The number of hydrogen-bond donors (Lipinski definition) is 1. The molecule has 0 fully saturated rings. The van der Waals surface area contributed by atoms with E-state index in [-0.39, 0.29) is 10.5 Å². The van der Waals surface area contributed by atoms with E-state index in [1.165, 1.54) is 12.1 Å². The predicted octanol–water partition coefficient (Wildman–Crippen LogP) is 4.55. The average Bonchev–Trinajstić information content (AvgIpc) is 2.38. The summed E-state index contributed by atoms with van der Waals surface area (Å²) in [6.07, 6.45) is -3.46. The summed E-state index contributed by atoms with van der Waals surface area (Å²) in [6.45, 7) is 5.49. The van der Waals surface area contributed by atoms with E-state index in [2.05, 4.69) is 21.2 Å². The molecule has 0 radical (unpaired) electrons. The number of halogens is 4. The van der Waals surface area contributed by atoms with Crippen LogP contribution in [0.2, 0.25) is 0 Å². The highest BCUT2D eigenvalue weighted by molar-refractivity contribution is 9.10. The van der Waals surface area contributed by atoms with Gasteiger partial charge >= 0.3 is 6.18 Å². The SMILES string of the molecule is CCCNC(COCC)c1ccc(Br)c(C(F)(F)F)c1. The molecule has 6 heteroatoms. The number of nitrogens with one attached hydrogen (secondary N) is 1. The minimum atomic E-state index is -4.37. The monoisotopic (exact) mass is 353 g/mol. The van der Waals surface area contributed by atoms with Gasteiger partial charge in [-0.1, -0.05) is 28.9 Å². The van der Waals surface area contributed by atoms with Crippen molar-refractivity contribution >= 4 is 15.9 Å². The maximum Gasteiger partial charge on any atom is 0.417 e. The van der Waals surface area contributed by atoms with Crippen molar-refractivity contribution in [2.24, 2.45) is 0 Å². The predicted molar refractivity (Wildman–Crippen MR) is 76.7 cm³/mol. The Morgan fingerprint density at radius 3 is 2.55 bits per heavy atom. The van der Waals surface area contributed by atoms with Crippen molar-refractivity contribution < 1.29 is 17.9 Å². The molecule has 2 nitrogen and oxygen atoms in total. The van der Waals surface area contributed by atoms with E-state index in [0.717, 1.165) is 13.0 Å². The topological polar surface area (TPSA) is 21.3 Å². The van der Waals surface area contributed by atoms with Gasteiger partial charge in [-0.2, -0.15) is 13.2 Å². The van der Waals surface area contributed by atoms with E-state index in [9.17, 15) is 13.2 Å². The van der Waals surface area contributed by atoms with E-state index in [1.54, 1.807) is 6.07 Å². The second kappa shape index (κ2) is 8.00. The summed E-state index contributed by atoms with van der Waals surface area (Å²) < 4.78 is 44.1. The molecule has 114 valence electrons. The maximum absolute atomic E-state index is 12.9. The van der Waals surface area contributed by atoms with Crippen molar-refractivity contribution in [2.45, 2.75) is 32.5 Å². The molecule has 1 rings (SSSR count). The fourth-order valence-corrected chi connectivity index (χ4v) is 2.28. The molecule has 1 N–H and O–H groups in total. The molecule has 0 heterocycles. The number of rotatable bonds is 7. The highest BCUT2D eigenvalue weighted by Gasteiger charge is 2.33. The largest absolute Gasteiger partial charge is 0.417 e. The van der Waals surface area contributed by atoms with Crippen LogP contribution in [0.4, 0.5) is 13.2 Å². The van der Waals surface area contributed by atoms with Gasteiger partial charge in [0.15, 0.2) is 0 Å². The van der Waals surface area contributed by atoms with Gasteiger partial charge in [-0.3, -0.25) is 0 Å². The molecule has 0 aliphatic carbocycles. The first-order chi connectivity index (χ1) is 9.40. The maximum atomic E-state index is 12.9. The van der Waals surface area contributed by atoms with Crippen LogP contribution in [-0.2, 0) is 10.9 Å². The normalized spacial score (nSPS) is 13.5. The molecule has 1 unspecified atom stereocenters. The van der Waals surface area contributed by atoms with Gasteiger partial charge < -0.3 is 10.1 Å². The van der Waals surface area contributed by atoms with E-state index in [0.29, 0.717) is 18.8 Å². The van der Waals surface area contributed by atoms with Crippen molar-refractivity contribution in [3.63, 3.8) is 0 Å². The molecular formula is C14H19BrF3NO. The molecule has 0 saturated heterocycles. The molecular weight excluding hydrogens is 335 g/mol. The van der Waals surface area contributed by atoms with E-state index in [4.69, 9.17) is 4.74 Å². The molecule has 0 saturated carbocycles. The first-order valence-corrected chi connectivity index (χ1v) is 7.37. The van der Waals surface area contributed by atoms with Gasteiger partial charge in [-0.05, 0) is 37.6 Å². The van der Waals surface area contributed by atoms with Gasteiger partial charge in [0.1, 0.15) is 0 Å². The van der Waals surface area contributed by atoms with Crippen LogP contribution in [0.15, 0.2) is 22.7 Å². The van der Waals surface area contributed by atoms with Gasteiger partial charge in [-0.15, -0.1) is 0 Å². The third-order valence-electron chi connectivity index (χ3n) is 2.83.